The highest BCUT2D eigenvalue weighted by Gasteiger charge is 2.53. The highest BCUT2D eigenvalue weighted by atomic mass is 16.5. The van der Waals surface area contributed by atoms with Crippen LogP contribution < -0.4 is 4.74 Å². The molecule has 2 rings (SSSR count). The first-order valence-electron chi connectivity index (χ1n) is 7.95. The van der Waals surface area contributed by atoms with Crippen LogP contribution in [0.5, 0.6) is 5.75 Å². The van der Waals surface area contributed by atoms with Crippen molar-refractivity contribution in [2.75, 3.05) is 19.8 Å². The van der Waals surface area contributed by atoms with Crippen molar-refractivity contribution in [2.24, 2.45) is 0 Å². The summed E-state index contributed by atoms with van der Waals surface area (Å²) in [6.07, 6.45) is 5.45. The topological polar surface area (TPSA) is 55.8 Å². The van der Waals surface area contributed by atoms with Gasteiger partial charge in [0.05, 0.1) is 19.8 Å². The second-order valence-corrected chi connectivity index (χ2v) is 5.10. The molecule has 0 bridgehead atoms. The fourth-order valence-electron chi connectivity index (χ4n) is 2.67. The average molecular weight is 315 g/mol. The van der Waals surface area contributed by atoms with Crippen LogP contribution in [0, 0.1) is 5.39 Å². The summed E-state index contributed by atoms with van der Waals surface area (Å²) in [5, 5.41) is 9.61. The van der Waals surface area contributed by atoms with E-state index in [1.807, 2.05) is 51.1 Å². The van der Waals surface area contributed by atoms with E-state index in [1.165, 1.54) is 0 Å². The van der Waals surface area contributed by atoms with Crippen molar-refractivity contribution in [2.45, 2.75) is 32.4 Å². The third-order valence-corrected chi connectivity index (χ3v) is 3.66. The lowest BCUT2D eigenvalue weighted by molar-refractivity contribution is 0.0188. The van der Waals surface area contributed by atoms with Gasteiger partial charge < -0.3 is 9.47 Å². The molecule has 5 nitrogen and oxygen atoms in total. The van der Waals surface area contributed by atoms with Crippen molar-refractivity contribution < 1.29 is 14.2 Å². The van der Waals surface area contributed by atoms with Crippen LogP contribution in [0.4, 0.5) is 0 Å². The van der Waals surface area contributed by atoms with Gasteiger partial charge in [-0.25, -0.2) is 0 Å². The Kier molecular flexibility index (Phi) is 5.78. The molecule has 0 N–H and O–H groups in total. The summed E-state index contributed by atoms with van der Waals surface area (Å²) in [5.41, 5.74) is -0.177. The Balaban J connectivity index is 2.39. The Hall–Kier alpha value is -2.32. The van der Waals surface area contributed by atoms with Crippen LogP contribution >= 0.6 is 0 Å². The zero-order valence-corrected chi connectivity index (χ0v) is 13.9. The lowest BCUT2D eigenvalue weighted by atomic mass is 9.84. The number of rotatable bonds is 7. The van der Waals surface area contributed by atoms with Crippen LogP contribution in [0.1, 0.15) is 32.3 Å². The van der Waals surface area contributed by atoms with Gasteiger partial charge in [-0.2, -0.15) is 0 Å². The molecule has 1 aromatic carbocycles. The zero-order chi connectivity index (χ0) is 16.7. The summed E-state index contributed by atoms with van der Waals surface area (Å²) in [4.78, 5) is 3.54. The van der Waals surface area contributed by atoms with E-state index >= 15 is 0 Å². The minimum Gasteiger partial charge on any atom is -0.494 e. The van der Waals surface area contributed by atoms with Crippen LogP contribution in [0.2, 0.25) is 0 Å². The number of allylic oxidation sites excluding steroid dienone is 1. The molecule has 0 aromatic heterocycles. The number of hydrogen-bond acceptors (Lipinski definition) is 4. The minimum atomic E-state index is -1.14. The first kappa shape index (κ1) is 17.0. The van der Waals surface area contributed by atoms with Gasteiger partial charge in [-0.1, -0.05) is 12.1 Å². The molecule has 5 heteroatoms. The molecule has 0 fully saturated rings. The Morgan fingerprint density at radius 3 is 2.30 bits per heavy atom. The van der Waals surface area contributed by atoms with Crippen molar-refractivity contribution in [3.05, 3.63) is 58.8 Å². The van der Waals surface area contributed by atoms with Gasteiger partial charge in [-0.15, -0.1) is 0 Å². The number of ether oxygens (including phenoxy) is 3. The highest BCUT2D eigenvalue weighted by Crippen LogP contribution is 2.40. The molecule has 2 unspecified atom stereocenters. The number of hydrogen-bond donors (Lipinski definition) is 0. The molecule has 1 aromatic rings. The standard InChI is InChI=1S/C18H23N2O3/c1-4-21-15-9-7-14(8-10-15)17-13-16(22-5-2)11-12-18(17,20-19)23-6-3/h7-13,17H,4-6H2,1-3H3/q+1. The summed E-state index contributed by atoms with van der Waals surface area (Å²) < 4.78 is 16.8. The number of nitrogens with zero attached hydrogens (tertiary/aromatic N) is 2. The maximum absolute atomic E-state index is 9.61. The van der Waals surface area contributed by atoms with Crippen molar-refractivity contribution >= 4 is 0 Å². The molecule has 0 saturated heterocycles. The van der Waals surface area contributed by atoms with Gasteiger partial charge in [-0.05, 0) is 50.6 Å². The smallest absolute Gasteiger partial charge is 0.457 e. The molecule has 0 spiro atoms. The summed E-state index contributed by atoms with van der Waals surface area (Å²) >= 11 is 0. The lowest BCUT2D eigenvalue weighted by Crippen LogP contribution is -2.35. The molecule has 0 radical (unpaired) electrons. The maximum atomic E-state index is 9.61. The third kappa shape index (κ3) is 3.72. The molecule has 122 valence electrons. The molecule has 1 aliphatic rings. The largest absolute Gasteiger partial charge is 0.494 e. The molecular formula is C18H23N2O3+. The van der Waals surface area contributed by atoms with Crippen molar-refractivity contribution in [3.63, 3.8) is 0 Å². The van der Waals surface area contributed by atoms with Gasteiger partial charge >= 0.3 is 5.72 Å². The van der Waals surface area contributed by atoms with E-state index < -0.39 is 5.72 Å². The van der Waals surface area contributed by atoms with Gasteiger partial charge in [0.2, 0.25) is 5.39 Å². The summed E-state index contributed by atoms with van der Waals surface area (Å²) in [6.45, 7) is 7.37. The first-order chi connectivity index (χ1) is 11.2. The zero-order valence-electron chi connectivity index (χ0n) is 13.9. The monoisotopic (exact) mass is 315 g/mol. The Morgan fingerprint density at radius 1 is 1.04 bits per heavy atom. The average Bonchev–Trinajstić information content (AvgIpc) is 2.58. The van der Waals surface area contributed by atoms with Crippen molar-refractivity contribution in [3.8, 4) is 5.75 Å². The second-order valence-electron chi connectivity index (χ2n) is 5.10. The SMILES string of the molecule is CCOC1=CC(c2ccc(OCC)cc2)C([N+]#N)(OCC)C=C1. The predicted molar refractivity (Wildman–Crippen MR) is 88.6 cm³/mol. The first-order valence-corrected chi connectivity index (χ1v) is 7.95. The molecular weight excluding hydrogens is 292 g/mol. The summed E-state index contributed by atoms with van der Waals surface area (Å²) in [7, 11) is 0. The van der Waals surface area contributed by atoms with Crippen LogP contribution in [-0.2, 0) is 9.47 Å². The van der Waals surface area contributed by atoms with Gasteiger partial charge in [0.25, 0.3) is 0 Å². The highest BCUT2D eigenvalue weighted by molar-refractivity contribution is 5.41. The quantitative estimate of drug-likeness (QED) is 0.706. The van der Waals surface area contributed by atoms with Crippen LogP contribution in [0.25, 0.3) is 4.98 Å². The fraction of sp³-hybridized carbons (Fsp3) is 0.444. The van der Waals surface area contributed by atoms with Gasteiger partial charge in [-0.3, -0.25) is 4.74 Å². The molecule has 23 heavy (non-hydrogen) atoms. The molecule has 0 amide bonds. The van der Waals surface area contributed by atoms with Crippen molar-refractivity contribution in [1.82, 2.24) is 0 Å². The third-order valence-electron chi connectivity index (χ3n) is 3.66. The van der Waals surface area contributed by atoms with E-state index in [1.54, 1.807) is 12.2 Å². The molecule has 0 saturated carbocycles. The van der Waals surface area contributed by atoms with Crippen LogP contribution in [0.15, 0.2) is 48.3 Å². The second kappa shape index (κ2) is 7.80. The van der Waals surface area contributed by atoms with E-state index in [9.17, 15) is 5.39 Å². The molecule has 0 aliphatic heterocycles. The Morgan fingerprint density at radius 2 is 1.74 bits per heavy atom. The number of diazo groups is 1. The summed E-state index contributed by atoms with van der Waals surface area (Å²) in [6, 6.07) is 7.71. The Bertz CT molecular complexity index is 616. The summed E-state index contributed by atoms with van der Waals surface area (Å²) in [5.74, 6) is 1.26. The number of benzene rings is 1. The maximum Gasteiger partial charge on any atom is 0.457 e. The normalized spacial score (nSPS) is 23.0. The van der Waals surface area contributed by atoms with E-state index in [0.29, 0.717) is 19.8 Å². The minimum absolute atomic E-state index is 0.283. The van der Waals surface area contributed by atoms with Crippen molar-refractivity contribution in [1.29, 1.82) is 5.39 Å². The molecule has 2 atom stereocenters. The Labute approximate surface area is 137 Å². The van der Waals surface area contributed by atoms with Crippen LogP contribution in [-0.4, -0.2) is 25.5 Å². The van der Waals surface area contributed by atoms with E-state index in [0.717, 1.165) is 17.1 Å². The van der Waals surface area contributed by atoms with E-state index in [4.69, 9.17) is 14.2 Å². The van der Waals surface area contributed by atoms with Gasteiger partial charge in [0.1, 0.15) is 17.4 Å². The molecule has 1 aliphatic carbocycles. The van der Waals surface area contributed by atoms with Gasteiger partial charge in [0, 0.05) is 6.08 Å². The lowest BCUT2D eigenvalue weighted by Gasteiger charge is -2.24. The van der Waals surface area contributed by atoms with Crippen LogP contribution in [0.3, 0.4) is 0 Å². The van der Waals surface area contributed by atoms with E-state index in [-0.39, 0.29) is 5.92 Å². The predicted octanol–water partition coefficient (Wildman–Crippen LogP) is 4.24. The van der Waals surface area contributed by atoms with E-state index in [2.05, 4.69) is 4.98 Å². The molecule has 0 heterocycles. The van der Waals surface area contributed by atoms with Gasteiger partial charge in [0.15, 0.2) is 4.98 Å². The fourth-order valence-corrected chi connectivity index (χ4v) is 2.67.